The molecule has 2 aromatic carbocycles. The lowest BCUT2D eigenvalue weighted by Crippen LogP contribution is -2.55. The van der Waals surface area contributed by atoms with E-state index >= 15 is 0 Å². The molecule has 3 heterocycles. The predicted molar refractivity (Wildman–Crippen MR) is 179 cm³/mol. The second-order valence-electron chi connectivity index (χ2n) is 13.1. The van der Waals surface area contributed by atoms with Gasteiger partial charge in [0.1, 0.15) is 5.82 Å². The fourth-order valence-electron chi connectivity index (χ4n) is 7.10. The molecule has 2 aromatic heterocycles. The van der Waals surface area contributed by atoms with Crippen LogP contribution in [0.3, 0.4) is 0 Å². The van der Waals surface area contributed by atoms with Gasteiger partial charge in [-0.15, -0.1) is 0 Å². The first-order valence-corrected chi connectivity index (χ1v) is 16.2. The number of nitrogens with one attached hydrogen (secondary N) is 2. The number of rotatable bonds is 8. The van der Waals surface area contributed by atoms with Gasteiger partial charge >= 0.3 is 0 Å². The van der Waals surface area contributed by atoms with Crippen LogP contribution in [-0.2, 0) is 7.05 Å². The molecule has 1 unspecified atom stereocenters. The lowest BCUT2D eigenvalue weighted by molar-refractivity contribution is 0.0144. The molecule has 2 N–H and O–H groups in total. The number of aromatic nitrogens is 3. The van der Waals surface area contributed by atoms with E-state index in [4.69, 9.17) is 0 Å². The highest BCUT2D eigenvalue weighted by atomic mass is 16.2. The molecule has 234 valence electrons. The molecule has 45 heavy (non-hydrogen) atoms. The first-order valence-electron chi connectivity index (χ1n) is 16.2. The van der Waals surface area contributed by atoms with Gasteiger partial charge in [0.2, 0.25) is 0 Å². The fourth-order valence-corrected chi connectivity index (χ4v) is 7.10. The van der Waals surface area contributed by atoms with Crippen LogP contribution < -0.4 is 10.6 Å². The highest BCUT2D eigenvalue weighted by Gasteiger charge is 2.44. The van der Waals surface area contributed by atoms with Crippen molar-refractivity contribution in [2.45, 2.75) is 71.4 Å². The Morgan fingerprint density at radius 2 is 1.71 bits per heavy atom. The quantitative estimate of drug-likeness (QED) is 0.220. The first kappa shape index (κ1) is 30.6. The Morgan fingerprint density at radius 3 is 2.33 bits per heavy atom. The van der Waals surface area contributed by atoms with Crippen molar-refractivity contribution >= 4 is 23.3 Å². The molecule has 2 fully saturated rings. The number of likely N-dealkylation sites (tertiary alicyclic amines) is 1. The van der Waals surface area contributed by atoms with Gasteiger partial charge in [-0.2, -0.15) is 5.10 Å². The van der Waals surface area contributed by atoms with Crippen LogP contribution in [0.5, 0.6) is 0 Å². The third-order valence-corrected chi connectivity index (χ3v) is 9.76. The number of benzene rings is 2. The summed E-state index contributed by atoms with van der Waals surface area (Å²) in [6.45, 7) is 9.08. The fraction of sp³-hybridized carbons (Fsp3) is 0.405. The summed E-state index contributed by atoms with van der Waals surface area (Å²) in [6.07, 6.45) is 7.88. The normalized spacial score (nSPS) is 20.1. The van der Waals surface area contributed by atoms with Crippen LogP contribution in [0.1, 0.15) is 84.2 Å². The first-order chi connectivity index (χ1) is 21.7. The van der Waals surface area contributed by atoms with Gasteiger partial charge in [-0.1, -0.05) is 43.7 Å². The minimum atomic E-state index is -0.248. The van der Waals surface area contributed by atoms with Gasteiger partial charge in [0, 0.05) is 49.3 Å². The van der Waals surface area contributed by atoms with Gasteiger partial charge in [-0.25, -0.2) is 4.98 Å². The molecule has 1 saturated heterocycles. The summed E-state index contributed by atoms with van der Waals surface area (Å²) in [6, 6.07) is 20.6. The monoisotopic (exact) mass is 604 g/mol. The van der Waals surface area contributed by atoms with E-state index in [0.29, 0.717) is 34.6 Å². The number of carbonyl (C=O) groups is 2. The predicted octanol–water partition coefficient (Wildman–Crippen LogP) is 7.30. The van der Waals surface area contributed by atoms with Crippen molar-refractivity contribution in [3.63, 3.8) is 0 Å². The SMILES string of the molecule is Cc1ccc(C(=O)N2CC[C@H](c3ccc(-c4ccnn4C)cc3)[C@H](C)C2C2CCC2)cc1NC(=O)c1ccc(NC(C)C)nc1. The minimum absolute atomic E-state index is 0.0463. The molecule has 1 aliphatic heterocycles. The summed E-state index contributed by atoms with van der Waals surface area (Å²) in [4.78, 5) is 33.8. The molecule has 6 rings (SSSR count). The van der Waals surface area contributed by atoms with Crippen molar-refractivity contribution in [3.05, 3.63) is 95.3 Å². The van der Waals surface area contributed by atoms with E-state index < -0.39 is 0 Å². The molecule has 2 amide bonds. The van der Waals surface area contributed by atoms with E-state index in [9.17, 15) is 9.59 Å². The van der Waals surface area contributed by atoms with E-state index in [1.807, 2.05) is 69.0 Å². The standard InChI is InChI=1S/C37H44N6O2/c1-23(2)40-34-16-15-30(22-38-34)36(44)41-32-21-29(10-9-24(32)3)37(45)43-20-18-31(25(4)35(43)28-7-6-8-28)26-11-13-27(14-12-26)33-17-19-39-42(33)5/h9-17,19,21-23,25,28,31,35H,6-8,18,20H2,1-5H3,(H,38,40)(H,41,44)/t25-,31-,35?/m0/s1. The lowest BCUT2D eigenvalue weighted by atomic mass is 9.67. The number of aryl methyl sites for hydroxylation is 2. The Morgan fingerprint density at radius 1 is 0.956 bits per heavy atom. The number of amides is 2. The Bertz CT molecular complexity index is 1660. The van der Waals surface area contributed by atoms with E-state index in [2.05, 4.69) is 56.8 Å². The molecule has 0 radical (unpaired) electrons. The molecular formula is C37H44N6O2. The topological polar surface area (TPSA) is 92.2 Å². The van der Waals surface area contributed by atoms with Gasteiger partial charge in [-0.3, -0.25) is 14.3 Å². The summed E-state index contributed by atoms with van der Waals surface area (Å²) in [5.41, 5.74) is 6.23. The van der Waals surface area contributed by atoms with Crippen LogP contribution in [-0.4, -0.2) is 50.1 Å². The average Bonchev–Trinajstić information content (AvgIpc) is 3.44. The van der Waals surface area contributed by atoms with Crippen LogP contribution in [0.15, 0.2) is 73.1 Å². The van der Waals surface area contributed by atoms with E-state index in [1.54, 1.807) is 12.3 Å². The third kappa shape index (κ3) is 6.37. The van der Waals surface area contributed by atoms with Crippen LogP contribution >= 0.6 is 0 Å². The van der Waals surface area contributed by atoms with Gasteiger partial charge in [-0.05, 0) is 105 Å². The summed E-state index contributed by atoms with van der Waals surface area (Å²) in [7, 11) is 1.97. The Kier molecular flexibility index (Phi) is 8.74. The van der Waals surface area contributed by atoms with Gasteiger partial charge in [0.25, 0.3) is 11.8 Å². The second kappa shape index (κ2) is 12.9. The number of hydrogen-bond acceptors (Lipinski definition) is 5. The molecule has 1 saturated carbocycles. The smallest absolute Gasteiger partial charge is 0.257 e. The molecule has 8 heteroatoms. The molecular weight excluding hydrogens is 560 g/mol. The lowest BCUT2D eigenvalue weighted by Gasteiger charge is -2.50. The summed E-state index contributed by atoms with van der Waals surface area (Å²) in [5, 5.41) is 10.6. The maximum atomic E-state index is 14.2. The van der Waals surface area contributed by atoms with Crippen molar-refractivity contribution in [3.8, 4) is 11.3 Å². The minimum Gasteiger partial charge on any atom is -0.368 e. The molecule has 0 spiro atoms. The Labute approximate surface area is 266 Å². The summed E-state index contributed by atoms with van der Waals surface area (Å²) >= 11 is 0. The molecule has 0 bridgehead atoms. The van der Waals surface area contributed by atoms with Crippen molar-refractivity contribution in [2.24, 2.45) is 18.9 Å². The molecule has 3 atom stereocenters. The van der Waals surface area contributed by atoms with Crippen LogP contribution in [0.25, 0.3) is 11.3 Å². The number of hydrogen-bond donors (Lipinski definition) is 2. The van der Waals surface area contributed by atoms with Crippen LogP contribution in [0, 0.1) is 18.8 Å². The molecule has 2 aliphatic rings. The second-order valence-corrected chi connectivity index (χ2v) is 13.1. The number of nitrogens with zero attached hydrogens (tertiary/aromatic N) is 4. The van der Waals surface area contributed by atoms with Crippen molar-refractivity contribution < 1.29 is 9.59 Å². The zero-order valence-electron chi connectivity index (χ0n) is 27.0. The van der Waals surface area contributed by atoms with E-state index in [-0.39, 0.29) is 23.9 Å². The largest absolute Gasteiger partial charge is 0.368 e. The molecule has 8 nitrogen and oxygen atoms in total. The van der Waals surface area contributed by atoms with Crippen LogP contribution in [0.4, 0.5) is 11.5 Å². The van der Waals surface area contributed by atoms with Crippen molar-refractivity contribution in [2.75, 3.05) is 17.2 Å². The van der Waals surface area contributed by atoms with Gasteiger partial charge < -0.3 is 15.5 Å². The van der Waals surface area contributed by atoms with Crippen molar-refractivity contribution in [1.82, 2.24) is 19.7 Å². The van der Waals surface area contributed by atoms with Crippen molar-refractivity contribution in [1.29, 1.82) is 0 Å². The number of piperidine rings is 1. The number of anilines is 2. The number of carbonyl (C=O) groups excluding carboxylic acids is 2. The van der Waals surface area contributed by atoms with Gasteiger partial charge in [0.15, 0.2) is 0 Å². The van der Waals surface area contributed by atoms with Crippen LogP contribution in [0.2, 0.25) is 0 Å². The van der Waals surface area contributed by atoms with Gasteiger partial charge in [0.05, 0.1) is 11.3 Å². The van der Waals surface area contributed by atoms with E-state index in [1.165, 1.54) is 24.8 Å². The third-order valence-electron chi connectivity index (χ3n) is 9.76. The maximum absolute atomic E-state index is 14.2. The summed E-state index contributed by atoms with van der Waals surface area (Å²) < 4.78 is 1.90. The highest BCUT2D eigenvalue weighted by Crippen LogP contribution is 2.45. The maximum Gasteiger partial charge on any atom is 0.257 e. The summed E-state index contributed by atoms with van der Waals surface area (Å²) in [5.74, 6) is 1.77. The Balaban J connectivity index is 1.19. The average molecular weight is 605 g/mol. The Hall–Kier alpha value is -4.46. The molecule has 4 aromatic rings. The highest BCUT2D eigenvalue weighted by molar-refractivity contribution is 6.05. The zero-order valence-corrected chi connectivity index (χ0v) is 27.0. The van der Waals surface area contributed by atoms with E-state index in [0.717, 1.165) is 35.6 Å². The zero-order chi connectivity index (χ0) is 31.7. The molecule has 1 aliphatic carbocycles. The number of pyridine rings is 1.